The fourth-order valence-electron chi connectivity index (χ4n) is 3.85. The van der Waals surface area contributed by atoms with E-state index in [0.29, 0.717) is 5.56 Å². The first-order valence-electron chi connectivity index (χ1n) is 8.47. The zero-order chi connectivity index (χ0) is 17.2. The number of nitrogens with zero attached hydrogens (tertiary/aromatic N) is 1. The summed E-state index contributed by atoms with van der Waals surface area (Å²) >= 11 is 0. The highest BCUT2D eigenvalue weighted by Crippen LogP contribution is 2.49. The van der Waals surface area contributed by atoms with Crippen LogP contribution in [0.25, 0.3) is 0 Å². The van der Waals surface area contributed by atoms with E-state index >= 15 is 0 Å². The number of carbonyl (C=O) groups excluding carboxylic acids is 1. The third kappa shape index (κ3) is 2.96. The molecule has 1 aliphatic rings. The molecule has 0 bridgehead atoms. The van der Waals surface area contributed by atoms with Crippen molar-refractivity contribution < 1.29 is 9.53 Å². The molecule has 1 heterocycles. The number of piperidine rings is 1. The van der Waals surface area contributed by atoms with Crippen LogP contribution < -0.4 is 0 Å². The molecule has 1 aliphatic heterocycles. The Morgan fingerprint density at radius 3 is 2.17 bits per heavy atom. The summed E-state index contributed by atoms with van der Waals surface area (Å²) in [5.41, 5.74) is 0.870. The van der Waals surface area contributed by atoms with Gasteiger partial charge >= 0.3 is 5.97 Å². The summed E-state index contributed by atoms with van der Waals surface area (Å²) in [5, 5.41) is 0. The molecule has 1 saturated heterocycles. The molecular formula is C21H25NO2. The maximum absolute atomic E-state index is 12.8. The monoisotopic (exact) mass is 323 g/mol. The van der Waals surface area contributed by atoms with Crippen LogP contribution in [0.4, 0.5) is 0 Å². The SMILES string of the molecule is CN1CCC(OC(=O)c2ccccc2)(c2ccccc2)C(C)(C)C1. The predicted molar refractivity (Wildman–Crippen MR) is 95.9 cm³/mol. The number of esters is 1. The van der Waals surface area contributed by atoms with Gasteiger partial charge in [-0.1, -0.05) is 62.4 Å². The van der Waals surface area contributed by atoms with E-state index in [1.807, 2.05) is 48.5 Å². The molecule has 24 heavy (non-hydrogen) atoms. The van der Waals surface area contributed by atoms with E-state index in [4.69, 9.17) is 4.74 Å². The van der Waals surface area contributed by atoms with Crippen LogP contribution in [0.2, 0.25) is 0 Å². The maximum atomic E-state index is 12.8. The van der Waals surface area contributed by atoms with Crippen LogP contribution in [0, 0.1) is 5.41 Å². The van der Waals surface area contributed by atoms with Gasteiger partial charge in [0, 0.05) is 24.9 Å². The quantitative estimate of drug-likeness (QED) is 0.797. The van der Waals surface area contributed by atoms with Crippen LogP contribution in [0.1, 0.15) is 36.2 Å². The molecule has 3 heteroatoms. The third-order valence-electron chi connectivity index (χ3n) is 5.12. The van der Waals surface area contributed by atoms with Crippen molar-refractivity contribution >= 4 is 5.97 Å². The fourth-order valence-corrected chi connectivity index (χ4v) is 3.85. The van der Waals surface area contributed by atoms with Gasteiger partial charge in [0.2, 0.25) is 0 Å². The normalized spacial score (nSPS) is 23.6. The van der Waals surface area contributed by atoms with E-state index in [2.05, 4.69) is 37.9 Å². The summed E-state index contributed by atoms with van der Waals surface area (Å²) in [6, 6.07) is 19.4. The molecule has 2 aromatic rings. The average Bonchev–Trinajstić information content (AvgIpc) is 2.58. The van der Waals surface area contributed by atoms with Gasteiger partial charge in [0.15, 0.2) is 0 Å². The molecule has 3 nitrogen and oxygen atoms in total. The van der Waals surface area contributed by atoms with Crippen LogP contribution in [0.3, 0.4) is 0 Å². The molecule has 0 spiro atoms. The maximum Gasteiger partial charge on any atom is 0.339 e. The first-order valence-corrected chi connectivity index (χ1v) is 8.47. The molecule has 0 radical (unpaired) electrons. The molecule has 1 atom stereocenters. The van der Waals surface area contributed by atoms with Gasteiger partial charge in [0.05, 0.1) is 5.56 Å². The fraction of sp³-hybridized carbons (Fsp3) is 0.381. The summed E-state index contributed by atoms with van der Waals surface area (Å²) in [6.07, 6.45) is 0.791. The molecular weight excluding hydrogens is 298 g/mol. The number of benzene rings is 2. The molecule has 126 valence electrons. The zero-order valence-electron chi connectivity index (χ0n) is 14.7. The Bertz CT molecular complexity index is 696. The highest BCUT2D eigenvalue weighted by Gasteiger charge is 2.52. The molecule has 0 N–H and O–H groups in total. The van der Waals surface area contributed by atoms with Gasteiger partial charge in [-0.15, -0.1) is 0 Å². The number of likely N-dealkylation sites (tertiary alicyclic amines) is 1. The van der Waals surface area contributed by atoms with Crippen molar-refractivity contribution in [3.05, 3.63) is 71.8 Å². The topological polar surface area (TPSA) is 29.5 Å². The molecule has 0 amide bonds. The number of hydrogen-bond donors (Lipinski definition) is 0. The molecule has 1 unspecified atom stereocenters. The molecule has 0 aliphatic carbocycles. The summed E-state index contributed by atoms with van der Waals surface area (Å²) in [6.45, 7) is 6.16. The van der Waals surface area contributed by atoms with Crippen LogP contribution in [0.5, 0.6) is 0 Å². The smallest absolute Gasteiger partial charge is 0.339 e. The molecule has 0 aromatic heterocycles. The van der Waals surface area contributed by atoms with E-state index in [9.17, 15) is 4.79 Å². The van der Waals surface area contributed by atoms with Gasteiger partial charge in [0.1, 0.15) is 5.60 Å². The number of rotatable bonds is 3. The first-order chi connectivity index (χ1) is 11.4. The van der Waals surface area contributed by atoms with Crippen LogP contribution in [-0.2, 0) is 10.3 Å². The Hall–Kier alpha value is -2.13. The molecule has 1 fully saturated rings. The lowest BCUT2D eigenvalue weighted by molar-refractivity contribution is -0.130. The Kier molecular flexibility index (Phi) is 4.46. The highest BCUT2D eigenvalue weighted by atomic mass is 16.6. The molecule has 0 saturated carbocycles. The lowest BCUT2D eigenvalue weighted by Crippen LogP contribution is -2.56. The van der Waals surface area contributed by atoms with Gasteiger partial charge < -0.3 is 9.64 Å². The largest absolute Gasteiger partial charge is 0.450 e. The van der Waals surface area contributed by atoms with Gasteiger partial charge in [0.25, 0.3) is 0 Å². The van der Waals surface area contributed by atoms with Gasteiger partial charge in [-0.2, -0.15) is 0 Å². The lowest BCUT2D eigenvalue weighted by Gasteiger charge is -2.52. The second kappa shape index (κ2) is 6.40. The van der Waals surface area contributed by atoms with Crippen molar-refractivity contribution in [3.63, 3.8) is 0 Å². The Morgan fingerprint density at radius 2 is 1.58 bits per heavy atom. The van der Waals surface area contributed by atoms with Crippen LogP contribution >= 0.6 is 0 Å². The van der Waals surface area contributed by atoms with Gasteiger partial charge in [-0.25, -0.2) is 4.79 Å². The number of hydrogen-bond acceptors (Lipinski definition) is 3. The van der Waals surface area contributed by atoms with E-state index in [0.717, 1.165) is 25.1 Å². The summed E-state index contributed by atoms with van der Waals surface area (Å²) in [5.74, 6) is -0.253. The van der Waals surface area contributed by atoms with E-state index < -0.39 is 5.60 Å². The van der Waals surface area contributed by atoms with E-state index in [1.54, 1.807) is 0 Å². The standard InChI is InChI=1S/C21H25NO2/c1-20(2)16-22(3)15-14-21(20,18-12-8-5-9-13-18)24-19(23)17-10-6-4-7-11-17/h4-13H,14-16H2,1-3H3. The summed E-state index contributed by atoms with van der Waals surface area (Å²) in [7, 11) is 2.12. The number of ether oxygens (including phenoxy) is 1. The number of carbonyl (C=O) groups is 1. The van der Waals surface area contributed by atoms with Crippen molar-refractivity contribution in [2.45, 2.75) is 25.9 Å². The van der Waals surface area contributed by atoms with Gasteiger partial charge in [-0.05, 0) is 24.7 Å². The van der Waals surface area contributed by atoms with Gasteiger partial charge in [-0.3, -0.25) is 0 Å². The minimum absolute atomic E-state index is 0.189. The van der Waals surface area contributed by atoms with Crippen molar-refractivity contribution in [3.8, 4) is 0 Å². The minimum atomic E-state index is -0.617. The van der Waals surface area contributed by atoms with Crippen molar-refractivity contribution in [1.29, 1.82) is 0 Å². The summed E-state index contributed by atoms with van der Waals surface area (Å²) in [4.78, 5) is 15.1. The average molecular weight is 323 g/mol. The van der Waals surface area contributed by atoms with Crippen molar-refractivity contribution in [1.82, 2.24) is 4.90 Å². The summed E-state index contributed by atoms with van der Waals surface area (Å²) < 4.78 is 6.25. The van der Waals surface area contributed by atoms with Crippen molar-refractivity contribution in [2.24, 2.45) is 5.41 Å². The second-order valence-electron chi connectivity index (χ2n) is 7.32. The minimum Gasteiger partial charge on any atom is -0.450 e. The van der Waals surface area contributed by atoms with Crippen LogP contribution in [0.15, 0.2) is 60.7 Å². The highest BCUT2D eigenvalue weighted by molar-refractivity contribution is 5.89. The predicted octanol–water partition coefficient (Wildman–Crippen LogP) is 4.10. The second-order valence-corrected chi connectivity index (χ2v) is 7.32. The Morgan fingerprint density at radius 1 is 1.00 bits per heavy atom. The first kappa shape index (κ1) is 16.7. The lowest BCUT2D eigenvalue weighted by atomic mass is 9.66. The van der Waals surface area contributed by atoms with E-state index in [1.165, 1.54) is 0 Å². The third-order valence-corrected chi connectivity index (χ3v) is 5.12. The molecule has 3 rings (SSSR count). The molecule has 2 aromatic carbocycles. The Labute approximate surface area is 144 Å². The van der Waals surface area contributed by atoms with Crippen LogP contribution in [-0.4, -0.2) is 31.0 Å². The zero-order valence-corrected chi connectivity index (χ0v) is 14.7. The van der Waals surface area contributed by atoms with E-state index in [-0.39, 0.29) is 11.4 Å². The van der Waals surface area contributed by atoms with Crippen molar-refractivity contribution in [2.75, 3.05) is 20.1 Å². The Balaban J connectivity index is 2.02.